The van der Waals surface area contributed by atoms with Gasteiger partial charge in [-0.15, -0.1) is 0 Å². The first-order valence-corrected chi connectivity index (χ1v) is 8.42. The van der Waals surface area contributed by atoms with Crippen LogP contribution in [0.3, 0.4) is 0 Å². The Bertz CT molecular complexity index is 609. The lowest BCUT2D eigenvalue weighted by molar-refractivity contribution is 0.0903. The van der Waals surface area contributed by atoms with Crippen LogP contribution in [0.15, 0.2) is 42.7 Å². The van der Waals surface area contributed by atoms with Crippen LogP contribution in [0, 0.1) is 0 Å². The van der Waals surface area contributed by atoms with Crippen molar-refractivity contribution in [3.05, 3.63) is 59.7 Å². The molecule has 4 nitrogen and oxygen atoms in total. The van der Waals surface area contributed by atoms with Crippen LogP contribution >= 0.6 is 0 Å². The predicted octanol–water partition coefficient (Wildman–Crippen LogP) is 3.09. The third-order valence-corrected chi connectivity index (χ3v) is 4.56. The first kappa shape index (κ1) is 16.1. The molecule has 0 saturated carbocycles. The highest BCUT2D eigenvalue weighted by molar-refractivity contribution is 5.20. The Hall–Kier alpha value is -1.78. The Balaban J connectivity index is 1.67. The van der Waals surface area contributed by atoms with E-state index in [1.54, 1.807) is 0 Å². The highest BCUT2D eigenvalue weighted by atomic mass is 15.3. The van der Waals surface area contributed by atoms with E-state index in [1.807, 2.05) is 12.4 Å². The van der Waals surface area contributed by atoms with Crippen LogP contribution in [-0.4, -0.2) is 46.4 Å². The van der Waals surface area contributed by atoms with Crippen molar-refractivity contribution in [1.29, 1.82) is 0 Å². The SMILES string of the molecule is CC(C)c1ncc(CN2CCN(C)[C@@H](c3ccccc3)C2)cn1. The minimum absolute atomic E-state index is 0.384. The molecule has 1 aromatic heterocycles. The van der Waals surface area contributed by atoms with Crippen molar-refractivity contribution in [3.8, 4) is 0 Å². The zero-order valence-electron chi connectivity index (χ0n) is 14.3. The van der Waals surface area contributed by atoms with Gasteiger partial charge in [0.1, 0.15) is 5.82 Å². The van der Waals surface area contributed by atoms with Crippen molar-refractivity contribution < 1.29 is 0 Å². The van der Waals surface area contributed by atoms with E-state index in [0.29, 0.717) is 12.0 Å². The van der Waals surface area contributed by atoms with Crippen molar-refractivity contribution in [3.63, 3.8) is 0 Å². The Morgan fingerprint density at radius 1 is 1.09 bits per heavy atom. The van der Waals surface area contributed by atoms with E-state index in [2.05, 4.69) is 71.0 Å². The lowest BCUT2D eigenvalue weighted by Gasteiger charge is -2.39. The third kappa shape index (κ3) is 3.95. The summed E-state index contributed by atoms with van der Waals surface area (Å²) in [7, 11) is 2.22. The summed E-state index contributed by atoms with van der Waals surface area (Å²) in [4.78, 5) is 13.9. The monoisotopic (exact) mass is 310 g/mol. The van der Waals surface area contributed by atoms with Gasteiger partial charge in [-0.25, -0.2) is 9.97 Å². The van der Waals surface area contributed by atoms with Gasteiger partial charge >= 0.3 is 0 Å². The topological polar surface area (TPSA) is 32.3 Å². The Morgan fingerprint density at radius 2 is 1.78 bits per heavy atom. The fraction of sp³-hybridized carbons (Fsp3) is 0.474. The molecule has 0 unspecified atom stereocenters. The molecule has 3 rings (SSSR count). The number of likely N-dealkylation sites (N-methyl/N-ethyl adjacent to an activating group) is 1. The second-order valence-electron chi connectivity index (χ2n) is 6.75. The van der Waals surface area contributed by atoms with E-state index < -0.39 is 0 Å². The van der Waals surface area contributed by atoms with Gasteiger partial charge in [0.15, 0.2) is 0 Å². The molecular formula is C19H26N4. The lowest BCUT2D eigenvalue weighted by atomic mass is 10.0. The van der Waals surface area contributed by atoms with Gasteiger partial charge in [-0.1, -0.05) is 44.2 Å². The van der Waals surface area contributed by atoms with E-state index in [-0.39, 0.29) is 0 Å². The third-order valence-electron chi connectivity index (χ3n) is 4.56. The molecule has 0 aliphatic carbocycles. The standard InChI is InChI=1S/C19H26N4/c1-15(2)19-20-11-16(12-21-19)13-23-10-9-22(3)18(14-23)17-7-5-4-6-8-17/h4-8,11-12,15,18H,9-10,13-14H2,1-3H3/t18-/m1/s1. The number of rotatable bonds is 4. The van der Waals surface area contributed by atoms with Gasteiger partial charge in [-0.2, -0.15) is 0 Å². The van der Waals surface area contributed by atoms with Crippen LogP contribution in [-0.2, 0) is 6.54 Å². The average molecular weight is 310 g/mol. The van der Waals surface area contributed by atoms with E-state index in [4.69, 9.17) is 0 Å². The van der Waals surface area contributed by atoms with Gasteiger partial charge in [-0.05, 0) is 12.6 Å². The summed E-state index contributed by atoms with van der Waals surface area (Å²) in [5.74, 6) is 1.31. The van der Waals surface area contributed by atoms with Crippen LogP contribution in [0.1, 0.15) is 42.8 Å². The molecular weight excluding hydrogens is 284 g/mol. The maximum absolute atomic E-state index is 4.49. The summed E-state index contributed by atoms with van der Waals surface area (Å²) >= 11 is 0. The summed E-state index contributed by atoms with van der Waals surface area (Å²) in [5.41, 5.74) is 2.59. The molecule has 0 bridgehead atoms. The van der Waals surface area contributed by atoms with Gasteiger partial charge in [0.2, 0.25) is 0 Å². The van der Waals surface area contributed by atoms with E-state index >= 15 is 0 Å². The van der Waals surface area contributed by atoms with E-state index in [1.165, 1.54) is 11.1 Å². The van der Waals surface area contributed by atoms with Gasteiger partial charge in [0.05, 0.1) is 0 Å². The summed E-state index contributed by atoms with van der Waals surface area (Å²) in [6.07, 6.45) is 3.97. The van der Waals surface area contributed by atoms with Crippen molar-refractivity contribution in [2.75, 3.05) is 26.7 Å². The minimum atomic E-state index is 0.384. The fourth-order valence-electron chi connectivity index (χ4n) is 3.11. The molecule has 1 fully saturated rings. The highest BCUT2D eigenvalue weighted by Crippen LogP contribution is 2.24. The Labute approximate surface area is 139 Å². The largest absolute Gasteiger partial charge is 0.297 e. The molecule has 122 valence electrons. The molecule has 1 aliphatic rings. The minimum Gasteiger partial charge on any atom is -0.297 e. The van der Waals surface area contributed by atoms with Crippen molar-refractivity contribution in [1.82, 2.24) is 19.8 Å². The molecule has 2 heterocycles. The summed E-state index contributed by atoms with van der Waals surface area (Å²) in [6, 6.07) is 11.2. The highest BCUT2D eigenvalue weighted by Gasteiger charge is 2.25. The van der Waals surface area contributed by atoms with Crippen LogP contribution in [0.4, 0.5) is 0 Å². The van der Waals surface area contributed by atoms with Gasteiger partial charge in [-0.3, -0.25) is 9.80 Å². The Morgan fingerprint density at radius 3 is 2.43 bits per heavy atom. The fourth-order valence-corrected chi connectivity index (χ4v) is 3.11. The number of nitrogens with zero attached hydrogens (tertiary/aromatic N) is 4. The second kappa shape index (κ2) is 7.20. The quantitative estimate of drug-likeness (QED) is 0.868. The molecule has 0 spiro atoms. The molecule has 1 atom stereocenters. The number of piperazine rings is 1. The molecule has 0 radical (unpaired) electrons. The maximum Gasteiger partial charge on any atom is 0.130 e. The summed E-state index contributed by atoms with van der Waals surface area (Å²) in [5, 5.41) is 0. The zero-order chi connectivity index (χ0) is 16.2. The first-order chi connectivity index (χ1) is 11.1. The van der Waals surface area contributed by atoms with Crippen molar-refractivity contribution in [2.45, 2.75) is 32.4 Å². The van der Waals surface area contributed by atoms with Crippen LogP contribution in [0.5, 0.6) is 0 Å². The van der Waals surface area contributed by atoms with Crippen molar-refractivity contribution >= 4 is 0 Å². The molecule has 1 aromatic carbocycles. The van der Waals surface area contributed by atoms with Crippen LogP contribution < -0.4 is 0 Å². The number of hydrogen-bond donors (Lipinski definition) is 0. The summed E-state index contributed by atoms with van der Waals surface area (Å²) < 4.78 is 0. The molecule has 23 heavy (non-hydrogen) atoms. The molecule has 1 aliphatic heterocycles. The molecule has 2 aromatic rings. The number of benzene rings is 1. The maximum atomic E-state index is 4.49. The van der Waals surface area contributed by atoms with Crippen LogP contribution in [0.2, 0.25) is 0 Å². The van der Waals surface area contributed by atoms with Gasteiger partial charge in [0, 0.05) is 56.1 Å². The van der Waals surface area contributed by atoms with E-state index in [9.17, 15) is 0 Å². The van der Waals surface area contributed by atoms with Crippen molar-refractivity contribution in [2.24, 2.45) is 0 Å². The van der Waals surface area contributed by atoms with Crippen LogP contribution in [0.25, 0.3) is 0 Å². The molecule has 4 heteroatoms. The zero-order valence-corrected chi connectivity index (χ0v) is 14.3. The van der Waals surface area contributed by atoms with Gasteiger partial charge in [0.25, 0.3) is 0 Å². The van der Waals surface area contributed by atoms with E-state index in [0.717, 1.165) is 32.0 Å². The number of aromatic nitrogens is 2. The molecule has 0 amide bonds. The normalized spacial score (nSPS) is 20.1. The first-order valence-electron chi connectivity index (χ1n) is 8.42. The predicted molar refractivity (Wildman–Crippen MR) is 93.2 cm³/mol. The summed E-state index contributed by atoms with van der Waals surface area (Å²) in [6.45, 7) is 8.40. The average Bonchev–Trinajstić information content (AvgIpc) is 2.58. The van der Waals surface area contributed by atoms with Gasteiger partial charge < -0.3 is 0 Å². The smallest absolute Gasteiger partial charge is 0.130 e. The number of hydrogen-bond acceptors (Lipinski definition) is 4. The molecule has 0 N–H and O–H groups in total. The second-order valence-corrected chi connectivity index (χ2v) is 6.75. The lowest BCUT2D eigenvalue weighted by Crippen LogP contribution is -2.46. The Kier molecular flexibility index (Phi) is 5.03. The molecule has 1 saturated heterocycles.